The molecule has 0 fully saturated rings. The maximum atomic E-state index is 11.1. The molecule has 166 valence electrons. The molecule has 1 rings (SSSR count). The van der Waals surface area contributed by atoms with Crippen LogP contribution in [0.25, 0.3) is 0 Å². The summed E-state index contributed by atoms with van der Waals surface area (Å²) in [5, 5.41) is 6.48. The number of hydrogen-bond acceptors (Lipinski definition) is 6. The molecule has 9 heteroatoms. The number of guanidine groups is 1. The maximum Gasteiger partial charge on any atom is 0.191 e. The number of nitrogens with one attached hydrogen (secondary N) is 2. The van der Waals surface area contributed by atoms with Crippen molar-refractivity contribution in [1.29, 1.82) is 0 Å². The van der Waals surface area contributed by atoms with Crippen LogP contribution in [0.2, 0.25) is 0 Å². The number of aliphatic imine (C=N–C) groups is 1. The van der Waals surface area contributed by atoms with Gasteiger partial charge in [-0.25, -0.2) is 8.42 Å². The normalized spacial score (nSPS) is 11.9. The summed E-state index contributed by atoms with van der Waals surface area (Å²) in [4.78, 5) is 4.44. The Morgan fingerprint density at radius 1 is 1.03 bits per heavy atom. The van der Waals surface area contributed by atoms with Crippen molar-refractivity contribution in [1.82, 2.24) is 10.6 Å². The van der Waals surface area contributed by atoms with Crippen molar-refractivity contribution in [2.24, 2.45) is 4.99 Å². The van der Waals surface area contributed by atoms with Gasteiger partial charge in [0.15, 0.2) is 17.5 Å². The van der Waals surface area contributed by atoms with Crippen molar-refractivity contribution in [2.45, 2.75) is 27.2 Å². The highest BCUT2D eigenvalue weighted by atomic mass is 32.2. The lowest BCUT2D eigenvalue weighted by Gasteiger charge is -2.14. The van der Waals surface area contributed by atoms with Crippen molar-refractivity contribution in [3.05, 3.63) is 23.8 Å². The maximum absolute atomic E-state index is 11.1. The average molecular weight is 430 g/mol. The fraction of sp³-hybridized carbons (Fsp3) is 0.650. The second-order valence-corrected chi connectivity index (χ2v) is 8.59. The van der Waals surface area contributed by atoms with Crippen LogP contribution in [0.1, 0.15) is 26.3 Å². The molecule has 0 unspecified atom stereocenters. The summed E-state index contributed by atoms with van der Waals surface area (Å²) in [6.45, 7) is 9.57. The molecule has 0 aliphatic carbocycles. The first-order valence-corrected chi connectivity index (χ1v) is 12.1. The lowest BCUT2D eigenvalue weighted by atomic mass is 10.1. The van der Waals surface area contributed by atoms with Crippen LogP contribution in [-0.4, -0.2) is 72.4 Å². The topological polar surface area (TPSA) is 98.3 Å². The minimum atomic E-state index is -2.99. The molecule has 0 heterocycles. The molecule has 0 aliphatic heterocycles. The molecule has 0 aliphatic rings. The number of sulfone groups is 1. The zero-order chi connectivity index (χ0) is 21.5. The van der Waals surface area contributed by atoms with E-state index in [-0.39, 0.29) is 12.4 Å². The molecule has 0 atom stereocenters. The number of benzene rings is 1. The molecule has 8 nitrogen and oxygen atoms in total. The Hall–Kier alpha value is -2.00. The predicted octanol–water partition coefficient (Wildman–Crippen LogP) is 1.64. The highest BCUT2D eigenvalue weighted by Gasteiger charge is 2.06. The number of nitrogens with zero attached hydrogens (tertiary/aromatic N) is 1. The van der Waals surface area contributed by atoms with Crippen LogP contribution in [0.4, 0.5) is 0 Å². The largest absolute Gasteiger partial charge is 0.490 e. The molecule has 1 aromatic carbocycles. The summed E-state index contributed by atoms with van der Waals surface area (Å²) in [7, 11) is -2.99. The van der Waals surface area contributed by atoms with Crippen LogP contribution in [0, 0.1) is 0 Å². The molecule has 0 radical (unpaired) electrons. The summed E-state index contributed by atoms with van der Waals surface area (Å²) in [5.41, 5.74) is 1.14. The van der Waals surface area contributed by atoms with E-state index in [0.717, 1.165) is 30.0 Å². The van der Waals surface area contributed by atoms with Gasteiger partial charge in [0.25, 0.3) is 0 Å². The van der Waals surface area contributed by atoms with Crippen molar-refractivity contribution in [3.63, 3.8) is 0 Å². The van der Waals surface area contributed by atoms with Gasteiger partial charge in [0, 0.05) is 19.3 Å². The predicted molar refractivity (Wildman–Crippen MR) is 117 cm³/mol. The van der Waals surface area contributed by atoms with E-state index in [1.807, 2.05) is 39.0 Å². The standard InChI is InChI=1S/C20H35N3O5S/c1-5-21-20(23-12-13-26-14-15-29(4,24)25)22-11-10-17-8-9-18(27-6-2)19(16-17)28-7-3/h8-9,16H,5-7,10-15H2,1-4H3,(H2,21,22,23). The van der Waals surface area contributed by atoms with Gasteiger partial charge < -0.3 is 24.8 Å². The second kappa shape index (κ2) is 14.1. The van der Waals surface area contributed by atoms with Gasteiger partial charge in [-0.1, -0.05) is 6.07 Å². The van der Waals surface area contributed by atoms with Gasteiger partial charge in [-0.2, -0.15) is 0 Å². The minimum Gasteiger partial charge on any atom is -0.490 e. The van der Waals surface area contributed by atoms with Crippen LogP contribution in [0.3, 0.4) is 0 Å². The third-order valence-corrected chi connectivity index (χ3v) is 4.67. The van der Waals surface area contributed by atoms with Crippen molar-refractivity contribution in [3.8, 4) is 11.5 Å². The van der Waals surface area contributed by atoms with Gasteiger partial charge in [-0.05, 0) is 44.9 Å². The third-order valence-electron chi connectivity index (χ3n) is 3.76. The quantitative estimate of drug-likeness (QED) is 0.264. The zero-order valence-corrected chi connectivity index (χ0v) is 18.8. The molecule has 2 N–H and O–H groups in total. The summed E-state index contributed by atoms with van der Waals surface area (Å²) in [6, 6.07) is 5.99. The number of ether oxygens (including phenoxy) is 3. The van der Waals surface area contributed by atoms with E-state index in [1.165, 1.54) is 6.26 Å². The van der Waals surface area contributed by atoms with E-state index in [9.17, 15) is 8.42 Å². The van der Waals surface area contributed by atoms with Gasteiger partial charge >= 0.3 is 0 Å². The molecule has 0 aromatic heterocycles. The molecule has 0 spiro atoms. The summed E-state index contributed by atoms with van der Waals surface area (Å²) in [5.74, 6) is 2.26. The Bertz CT molecular complexity index is 723. The molecular weight excluding hydrogens is 394 g/mol. The van der Waals surface area contributed by atoms with Gasteiger partial charge in [0.05, 0.1) is 38.7 Å². The number of hydrogen-bond donors (Lipinski definition) is 2. The fourth-order valence-corrected chi connectivity index (χ4v) is 2.87. The Kier molecular flexibility index (Phi) is 12.1. The van der Waals surface area contributed by atoms with Crippen LogP contribution in [0.15, 0.2) is 23.2 Å². The molecule has 0 bridgehead atoms. The van der Waals surface area contributed by atoms with Crippen LogP contribution >= 0.6 is 0 Å². The zero-order valence-electron chi connectivity index (χ0n) is 18.0. The summed E-state index contributed by atoms with van der Waals surface area (Å²) >= 11 is 0. The van der Waals surface area contributed by atoms with Gasteiger partial charge in [-0.15, -0.1) is 0 Å². The Balaban J connectivity index is 2.47. The smallest absolute Gasteiger partial charge is 0.191 e. The van der Waals surface area contributed by atoms with Crippen molar-refractivity contribution >= 4 is 15.8 Å². The molecule has 0 saturated heterocycles. The summed E-state index contributed by atoms with van der Waals surface area (Å²) in [6.07, 6.45) is 2.01. The van der Waals surface area contributed by atoms with Crippen LogP contribution in [-0.2, 0) is 21.0 Å². The van der Waals surface area contributed by atoms with Crippen molar-refractivity contribution < 1.29 is 22.6 Å². The van der Waals surface area contributed by atoms with Crippen LogP contribution < -0.4 is 20.1 Å². The molecule has 0 saturated carbocycles. The van der Waals surface area contributed by atoms with Crippen LogP contribution in [0.5, 0.6) is 11.5 Å². The Morgan fingerprint density at radius 3 is 2.41 bits per heavy atom. The third kappa shape index (κ3) is 11.6. The minimum absolute atomic E-state index is 0.0286. The highest BCUT2D eigenvalue weighted by Crippen LogP contribution is 2.28. The SMILES string of the molecule is CCNC(=NCCOCCS(C)(=O)=O)NCCc1ccc(OCC)c(OCC)c1. The average Bonchev–Trinajstić information content (AvgIpc) is 2.66. The van der Waals surface area contributed by atoms with E-state index in [1.54, 1.807) is 0 Å². The van der Waals surface area contributed by atoms with E-state index in [0.29, 0.717) is 38.9 Å². The molecule has 1 aromatic rings. The number of rotatable bonds is 14. The highest BCUT2D eigenvalue weighted by molar-refractivity contribution is 7.90. The van der Waals surface area contributed by atoms with Gasteiger partial charge in [0.2, 0.25) is 0 Å². The van der Waals surface area contributed by atoms with Crippen molar-refractivity contribution in [2.75, 3.05) is 58.1 Å². The lowest BCUT2D eigenvalue weighted by Crippen LogP contribution is -2.38. The summed E-state index contributed by atoms with van der Waals surface area (Å²) < 4.78 is 38.7. The first kappa shape index (κ1) is 25.0. The van der Waals surface area contributed by atoms with Gasteiger partial charge in [-0.3, -0.25) is 4.99 Å². The Labute approximate surface area is 175 Å². The molecule has 29 heavy (non-hydrogen) atoms. The van der Waals surface area contributed by atoms with E-state index >= 15 is 0 Å². The monoisotopic (exact) mass is 429 g/mol. The first-order valence-electron chi connectivity index (χ1n) is 10.1. The lowest BCUT2D eigenvalue weighted by molar-refractivity contribution is 0.157. The van der Waals surface area contributed by atoms with E-state index < -0.39 is 9.84 Å². The second-order valence-electron chi connectivity index (χ2n) is 6.33. The fourth-order valence-electron chi connectivity index (χ4n) is 2.45. The molecular formula is C20H35N3O5S. The van der Waals surface area contributed by atoms with E-state index in [4.69, 9.17) is 14.2 Å². The van der Waals surface area contributed by atoms with E-state index in [2.05, 4.69) is 15.6 Å². The first-order chi connectivity index (χ1) is 13.9. The Morgan fingerprint density at radius 2 is 1.76 bits per heavy atom. The molecule has 0 amide bonds. The van der Waals surface area contributed by atoms with Gasteiger partial charge in [0.1, 0.15) is 9.84 Å².